The molecular formula is C18H18N4O. The summed E-state index contributed by atoms with van der Waals surface area (Å²) < 4.78 is 0. The summed E-state index contributed by atoms with van der Waals surface area (Å²) in [6.07, 6.45) is 4.72. The van der Waals surface area contributed by atoms with Crippen LogP contribution in [0.1, 0.15) is 18.0 Å². The van der Waals surface area contributed by atoms with Crippen LogP contribution in [0.3, 0.4) is 0 Å². The number of rotatable bonds is 3. The van der Waals surface area contributed by atoms with E-state index in [9.17, 15) is 4.79 Å². The average molecular weight is 306 g/mol. The Morgan fingerprint density at radius 1 is 1.09 bits per heavy atom. The summed E-state index contributed by atoms with van der Waals surface area (Å²) in [5.41, 5.74) is 1.09. The third kappa shape index (κ3) is 2.70. The first kappa shape index (κ1) is 13.9. The molecule has 2 heterocycles. The van der Waals surface area contributed by atoms with Crippen molar-refractivity contribution >= 4 is 16.7 Å². The Labute approximate surface area is 134 Å². The Morgan fingerprint density at radius 2 is 1.87 bits per heavy atom. The van der Waals surface area contributed by atoms with Gasteiger partial charge in [0, 0.05) is 13.1 Å². The van der Waals surface area contributed by atoms with Crippen molar-refractivity contribution in [3.63, 3.8) is 0 Å². The number of hydrogen-bond acceptors (Lipinski definition) is 3. The van der Waals surface area contributed by atoms with Gasteiger partial charge in [0.1, 0.15) is 0 Å². The van der Waals surface area contributed by atoms with Gasteiger partial charge >= 0.3 is 0 Å². The Kier molecular flexibility index (Phi) is 3.54. The maximum absolute atomic E-state index is 12.6. The fourth-order valence-corrected chi connectivity index (χ4v) is 3.29. The summed E-state index contributed by atoms with van der Waals surface area (Å²) in [5.74, 6) is 0.177. The zero-order chi connectivity index (χ0) is 15.6. The Balaban J connectivity index is 1.50. The molecule has 1 atom stereocenters. The highest BCUT2D eigenvalue weighted by Gasteiger charge is 2.28. The molecular weight excluding hydrogens is 288 g/mol. The van der Waals surface area contributed by atoms with Gasteiger partial charge < -0.3 is 4.90 Å². The lowest BCUT2D eigenvalue weighted by Crippen LogP contribution is -2.30. The molecule has 1 amide bonds. The van der Waals surface area contributed by atoms with Crippen LogP contribution in [0.25, 0.3) is 10.8 Å². The van der Waals surface area contributed by atoms with Crippen LogP contribution in [-0.4, -0.2) is 38.9 Å². The van der Waals surface area contributed by atoms with Crippen molar-refractivity contribution in [3.8, 4) is 0 Å². The predicted octanol–water partition coefficient (Wildman–Crippen LogP) is 2.45. The minimum Gasteiger partial charge on any atom is -0.340 e. The molecule has 5 nitrogen and oxygen atoms in total. The Bertz CT molecular complexity index is 823. The summed E-state index contributed by atoms with van der Waals surface area (Å²) in [7, 11) is 0. The fraction of sp³-hybridized carbons (Fsp3) is 0.278. The number of fused-ring (bicyclic) bond motifs is 1. The first-order valence-corrected chi connectivity index (χ1v) is 7.91. The number of carbonyl (C=O) groups is 1. The molecule has 0 saturated carbocycles. The molecule has 4 rings (SSSR count). The molecule has 1 saturated heterocycles. The highest BCUT2D eigenvalue weighted by Crippen LogP contribution is 2.23. The van der Waals surface area contributed by atoms with Crippen molar-refractivity contribution in [2.45, 2.75) is 18.9 Å². The summed E-state index contributed by atoms with van der Waals surface area (Å²) in [6.45, 7) is 1.47. The monoisotopic (exact) mass is 306 g/mol. The number of aromatic nitrogens is 3. The minimum absolute atomic E-state index is 0.177. The second-order valence-corrected chi connectivity index (χ2v) is 5.95. The lowest BCUT2D eigenvalue weighted by molar-refractivity contribution is -0.129. The van der Waals surface area contributed by atoms with Crippen LogP contribution >= 0.6 is 0 Å². The molecule has 0 N–H and O–H groups in total. The SMILES string of the molecule is O=C(Cc1cccc2ccccc12)N1CCC(n2nccn2)C1. The molecule has 1 fully saturated rings. The lowest BCUT2D eigenvalue weighted by Gasteiger charge is -2.17. The van der Waals surface area contributed by atoms with E-state index in [0.717, 1.165) is 23.9 Å². The van der Waals surface area contributed by atoms with E-state index in [-0.39, 0.29) is 11.9 Å². The maximum Gasteiger partial charge on any atom is 0.227 e. The van der Waals surface area contributed by atoms with E-state index in [0.29, 0.717) is 13.0 Å². The van der Waals surface area contributed by atoms with Gasteiger partial charge in [-0.2, -0.15) is 15.0 Å². The van der Waals surface area contributed by atoms with Crippen LogP contribution in [0, 0.1) is 0 Å². The summed E-state index contributed by atoms with van der Waals surface area (Å²) in [6, 6.07) is 14.5. The first-order valence-electron chi connectivity index (χ1n) is 7.91. The molecule has 5 heteroatoms. The van der Waals surface area contributed by atoms with E-state index in [1.54, 1.807) is 17.2 Å². The van der Waals surface area contributed by atoms with E-state index >= 15 is 0 Å². The molecule has 0 bridgehead atoms. The lowest BCUT2D eigenvalue weighted by atomic mass is 10.0. The van der Waals surface area contributed by atoms with Gasteiger partial charge in [0.15, 0.2) is 0 Å². The highest BCUT2D eigenvalue weighted by molar-refractivity contribution is 5.90. The molecule has 1 aromatic heterocycles. The van der Waals surface area contributed by atoms with Crippen LogP contribution in [-0.2, 0) is 11.2 Å². The zero-order valence-electron chi connectivity index (χ0n) is 12.8. The van der Waals surface area contributed by atoms with E-state index in [1.807, 2.05) is 29.2 Å². The van der Waals surface area contributed by atoms with Gasteiger partial charge in [-0.25, -0.2) is 0 Å². The summed E-state index contributed by atoms with van der Waals surface area (Å²) >= 11 is 0. The van der Waals surface area contributed by atoms with Crippen molar-refractivity contribution in [1.82, 2.24) is 19.9 Å². The van der Waals surface area contributed by atoms with Gasteiger partial charge in [-0.3, -0.25) is 4.79 Å². The van der Waals surface area contributed by atoms with Gasteiger partial charge in [-0.05, 0) is 22.8 Å². The molecule has 1 aliphatic heterocycles. The number of nitrogens with zero attached hydrogens (tertiary/aromatic N) is 4. The van der Waals surface area contributed by atoms with Gasteiger partial charge in [-0.15, -0.1) is 0 Å². The number of likely N-dealkylation sites (tertiary alicyclic amines) is 1. The Hall–Kier alpha value is -2.69. The summed E-state index contributed by atoms with van der Waals surface area (Å²) in [4.78, 5) is 16.3. The van der Waals surface area contributed by atoms with E-state index in [4.69, 9.17) is 0 Å². The number of amides is 1. The summed E-state index contributed by atoms with van der Waals surface area (Å²) in [5, 5.41) is 10.7. The van der Waals surface area contributed by atoms with Crippen LogP contribution < -0.4 is 0 Å². The van der Waals surface area contributed by atoms with E-state index in [2.05, 4.69) is 28.4 Å². The molecule has 0 radical (unpaired) electrons. The molecule has 1 aliphatic rings. The van der Waals surface area contributed by atoms with Crippen LogP contribution in [0.2, 0.25) is 0 Å². The average Bonchev–Trinajstić information content (AvgIpc) is 3.26. The largest absolute Gasteiger partial charge is 0.340 e. The number of benzene rings is 2. The predicted molar refractivity (Wildman–Crippen MR) is 87.9 cm³/mol. The fourth-order valence-electron chi connectivity index (χ4n) is 3.29. The normalized spacial score (nSPS) is 17.7. The van der Waals surface area contributed by atoms with E-state index < -0.39 is 0 Å². The standard InChI is InChI=1S/C18H18N4O/c23-18(21-11-8-16(13-21)22-19-9-10-20-22)12-15-6-3-5-14-4-1-2-7-17(14)15/h1-7,9-10,16H,8,11-13H2. The van der Waals surface area contributed by atoms with Crippen LogP contribution in [0.5, 0.6) is 0 Å². The van der Waals surface area contributed by atoms with Crippen LogP contribution in [0.15, 0.2) is 54.9 Å². The van der Waals surface area contributed by atoms with Gasteiger partial charge in [0.2, 0.25) is 5.91 Å². The molecule has 2 aromatic carbocycles. The number of hydrogen-bond donors (Lipinski definition) is 0. The number of carbonyl (C=O) groups excluding carboxylic acids is 1. The van der Waals surface area contributed by atoms with Gasteiger partial charge in [0.25, 0.3) is 0 Å². The highest BCUT2D eigenvalue weighted by atomic mass is 16.2. The molecule has 3 aromatic rings. The molecule has 0 aliphatic carbocycles. The topological polar surface area (TPSA) is 51.0 Å². The van der Waals surface area contributed by atoms with Gasteiger partial charge in [-0.1, -0.05) is 42.5 Å². The third-order valence-corrected chi connectivity index (χ3v) is 4.50. The molecule has 23 heavy (non-hydrogen) atoms. The van der Waals surface area contributed by atoms with Crippen molar-refractivity contribution in [2.24, 2.45) is 0 Å². The zero-order valence-corrected chi connectivity index (χ0v) is 12.8. The smallest absolute Gasteiger partial charge is 0.227 e. The van der Waals surface area contributed by atoms with Crippen molar-refractivity contribution in [3.05, 3.63) is 60.4 Å². The van der Waals surface area contributed by atoms with Crippen molar-refractivity contribution < 1.29 is 4.79 Å². The quantitative estimate of drug-likeness (QED) is 0.747. The van der Waals surface area contributed by atoms with Crippen molar-refractivity contribution in [2.75, 3.05) is 13.1 Å². The van der Waals surface area contributed by atoms with Gasteiger partial charge in [0.05, 0.1) is 24.9 Å². The van der Waals surface area contributed by atoms with Crippen molar-refractivity contribution in [1.29, 1.82) is 0 Å². The Morgan fingerprint density at radius 3 is 2.74 bits per heavy atom. The third-order valence-electron chi connectivity index (χ3n) is 4.50. The minimum atomic E-state index is 0.177. The maximum atomic E-state index is 12.6. The van der Waals surface area contributed by atoms with E-state index in [1.165, 1.54) is 5.39 Å². The first-order chi connectivity index (χ1) is 11.3. The second-order valence-electron chi connectivity index (χ2n) is 5.95. The van der Waals surface area contributed by atoms with Crippen LogP contribution in [0.4, 0.5) is 0 Å². The second kappa shape index (κ2) is 5.83. The molecule has 116 valence electrons. The molecule has 0 spiro atoms. The molecule has 1 unspecified atom stereocenters.